The van der Waals surface area contributed by atoms with E-state index in [0.29, 0.717) is 5.92 Å². The number of hydrogen-bond donors (Lipinski definition) is 2. The molecule has 1 aromatic rings. The van der Waals surface area contributed by atoms with E-state index in [-0.39, 0.29) is 11.9 Å². The molecule has 0 saturated heterocycles. The third kappa shape index (κ3) is 3.78. The third-order valence-corrected chi connectivity index (χ3v) is 4.92. The maximum atomic E-state index is 12.7. The molecule has 1 aliphatic rings. The number of carbonyl (C=O) groups is 1. The first-order valence-corrected chi connectivity index (χ1v) is 8.08. The Bertz CT molecular complexity index is 472. The highest BCUT2D eigenvalue weighted by Gasteiger charge is 2.32. The maximum Gasteiger partial charge on any atom is 0.230 e. The number of nitrogen functional groups attached to an aromatic ring is 1. The molecule has 3 heteroatoms. The smallest absolute Gasteiger partial charge is 0.230 e. The van der Waals surface area contributed by atoms with E-state index in [2.05, 4.69) is 12.2 Å². The van der Waals surface area contributed by atoms with Crippen LogP contribution in [0.15, 0.2) is 24.3 Å². The number of hydrogen-bond acceptors (Lipinski definition) is 2. The number of anilines is 1. The lowest BCUT2D eigenvalue weighted by molar-refractivity contribution is -0.126. The molecule has 1 saturated carbocycles. The van der Waals surface area contributed by atoms with E-state index in [1.807, 2.05) is 38.1 Å². The van der Waals surface area contributed by atoms with Crippen LogP contribution in [-0.2, 0) is 10.2 Å². The Morgan fingerprint density at radius 3 is 2.33 bits per heavy atom. The van der Waals surface area contributed by atoms with Gasteiger partial charge in [0, 0.05) is 11.7 Å². The van der Waals surface area contributed by atoms with Crippen molar-refractivity contribution in [2.24, 2.45) is 5.92 Å². The summed E-state index contributed by atoms with van der Waals surface area (Å²) in [7, 11) is 0. The van der Waals surface area contributed by atoms with E-state index >= 15 is 0 Å². The van der Waals surface area contributed by atoms with Crippen molar-refractivity contribution in [1.29, 1.82) is 0 Å². The van der Waals surface area contributed by atoms with Crippen LogP contribution >= 0.6 is 0 Å². The second-order valence-corrected chi connectivity index (χ2v) is 6.91. The molecule has 0 aliphatic heterocycles. The Labute approximate surface area is 128 Å². The molecule has 0 radical (unpaired) electrons. The quantitative estimate of drug-likeness (QED) is 0.831. The molecule has 3 N–H and O–H groups in total. The number of benzene rings is 1. The number of nitrogens with one attached hydrogen (secondary N) is 1. The molecule has 1 atom stereocenters. The van der Waals surface area contributed by atoms with Gasteiger partial charge in [0.1, 0.15) is 0 Å². The van der Waals surface area contributed by atoms with E-state index in [4.69, 9.17) is 5.73 Å². The van der Waals surface area contributed by atoms with Gasteiger partial charge >= 0.3 is 0 Å². The first-order valence-electron chi connectivity index (χ1n) is 8.08. The van der Waals surface area contributed by atoms with Gasteiger partial charge in [-0.1, -0.05) is 31.4 Å². The van der Waals surface area contributed by atoms with Gasteiger partial charge in [0.15, 0.2) is 0 Å². The first-order chi connectivity index (χ1) is 9.91. The monoisotopic (exact) mass is 288 g/mol. The number of nitrogens with two attached hydrogens (primary N) is 1. The summed E-state index contributed by atoms with van der Waals surface area (Å²) < 4.78 is 0. The zero-order valence-corrected chi connectivity index (χ0v) is 13.5. The van der Waals surface area contributed by atoms with Crippen LogP contribution < -0.4 is 11.1 Å². The predicted molar refractivity (Wildman–Crippen MR) is 88.1 cm³/mol. The van der Waals surface area contributed by atoms with Crippen LogP contribution in [0.5, 0.6) is 0 Å². The topological polar surface area (TPSA) is 55.1 Å². The van der Waals surface area contributed by atoms with Gasteiger partial charge in [0.05, 0.1) is 5.41 Å². The number of rotatable bonds is 4. The largest absolute Gasteiger partial charge is 0.399 e. The zero-order valence-electron chi connectivity index (χ0n) is 13.5. The summed E-state index contributed by atoms with van der Waals surface area (Å²) in [6.45, 7) is 6.09. The Morgan fingerprint density at radius 2 is 1.76 bits per heavy atom. The molecule has 1 aliphatic carbocycles. The third-order valence-electron chi connectivity index (χ3n) is 4.92. The average molecular weight is 288 g/mol. The summed E-state index contributed by atoms with van der Waals surface area (Å²) in [5.74, 6) is 0.732. The molecule has 0 spiro atoms. The number of amides is 1. The van der Waals surface area contributed by atoms with Crippen molar-refractivity contribution in [2.45, 2.75) is 64.3 Å². The molecule has 1 fully saturated rings. The van der Waals surface area contributed by atoms with Crippen molar-refractivity contribution >= 4 is 11.6 Å². The lowest BCUT2D eigenvalue weighted by Gasteiger charge is -2.32. The van der Waals surface area contributed by atoms with Gasteiger partial charge in [-0.05, 0) is 57.2 Å². The fourth-order valence-electron chi connectivity index (χ4n) is 3.17. The van der Waals surface area contributed by atoms with Gasteiger partial charge in [-0.2, -0.15) is 0 Å². The summed E-state index contributed by atoms with van der Waals surface area (Å²) in [6.07, 6.45) is 6.42. The van der Waals surface area contributed by atoms with E-state index < -0.39 is 5.41 Å². The highest BCUT2D eigenvalue weighted by molar-refractivity contribution is 5.87. The van der Waals surface area contributed by atoms with E-state index in [1.165, 1.54) is 32.1 Å². The Balaban J connectivity index is 2.02. The fraction of sp³-hybridized carbons (Fsp3) is 0.611. The molecular weight excluding hydrogens is 260 g/mol. The zero-order chi connectivity index (χ0) is 15.5. The fourth-order valence-corrected chi connectivity index (χ4v) is 3.17. The number of carbonyl (C=O) groups excluding carboxylic acids is 1. The Kier molecular flexibility index (Phi) is 4.92. The highest BCUT2D eigenvalue weighted by Crippen LogP contribution is 2.28. The van der Waals surface area contributed by atoms with Gasteiger partial charge in [-0.25, -0.2) is 0 Å². The molecule has 3 nitrogen and oxygen atoms in total. The van der Waals surface area contributed by atoms with Crippen molar-refractivity contribution in [3.05, 3.63) is 29.8 Å². The minimum Gasteiger partial charge on any atom is -0.399 e. The van der Waals surface area contributed by atoms with Crippen molar-refractivity contribution in [2.75, 3.05) is 5.73 Å². The summed E-state index contributed by atoms with van der Waals surface area (Å²) >= 11 is 0. The van der Waals surface area contributed by atoms with Gasteiger partial charge in [0.2, 0.25) is 5.91 Å². The van der Waals surface area contributed by atoms with Crippen LogP contribution in [0.4, 0.5) is 5.69 Å². The first kappa shape index (κ1) is 15.9. The van der Waals surface area contributed by atoms with Gasteiger partial charge in [0.25, 0.3) is 0 Å². The Morgan fingerprint density at radius 1 is 1.19 bits per heavy atom. The summed E-state index contributed by atoms with van der Waals surface area (Å²) in [6, 6.07) is 7.86. The van der Waals surface area contributed by atoms with Gasteiger partial charge < -0.3 is 11.1 Å². The molecule has 0 bridgehead atoms. The minimum absolute atomic E-state index is 0.102. The average Bonchev–Trinajstić information content (AvgIpc) is 2.48. The molecule has 2 rings (SSSR count). The summed E-state index contributed by atoms with van der Waals surface area (Å²) in [5.41, 5.74) is 6.92. The van der Waals surface area contributed by atoms with Crippen LogP contribution in [0.1, 0.15) is 58.4 Å². The lowest BCUT2D eigenvalue weighted by atomic mass is 9.81. The van der Waals surface area contributed by atoms with Crippen LogP contribution in [0.2, 0.25) is 0 Å². The molecule has 1 aromatic carbocycles. The standard InChI is InChI=1S/C18H28N2O/c1-13(14-7-5-4-6-8-14)20-17(21)18(2,3)15-9-11-16(19)12-10-15/h9-14H,4-8,19H2,1-3H3,(H,20,21). The van der Waals surface area contributed by atoms with Crippen LogP contribution in [-0.4, -0.2) is 11.9 Å². The second kappa shape index (κ2) is 6.50. The maximum absolute atomic E-state index is 12.7. The Hall–Kier alpha value is -1.51. The van der Waals surface area contributed by atoms with Crippen molar-refractivity contribution in [1.82, 2.24) is 5.32 Å². The highest BCUT2D eigenvalue weighted by atomic mass is 16.2. The lowest BCUT2D eigenvalue weighted by Crippen LogP contribution is -2.47. The molecule has 0 heterocycles. The van der Waals surface area contributed by atoms with Crippen LogP contribution in [0, 0.1) is 5.92 Å². The molecule has 1 amide bonds. The van der Waals surface area contributed by atoms with Crippen LogP contribution in [0.25, 0.3) is 0 Å². The normalized spacial score (nSPS) is 18.2. The predicted octanol–water partition coefficient (Wildman–Crippen LogP) is 3.63. The van der Waals surface area contributed by atoms with Crippen molar-refractivity contribution in [3.8, 4) is 0 Å². The molecule has 1 unspecified atom stereocenters. The SMILES string of the molecule is CC(NC(=O)C(C)(C)c1ccc(N)cc1)C1CCCCC1. The molecule has 21 heavy (non-hydrogen) atoms. The van der Waals surface area contributed by atoms with E-state index in [9.17, 15) is 4.79 Å². The second-order valence-electron chi connectivity index (χ2n) is 6.91. The van der Waals surface area contributed by atoms with E-state index in [0.717, 1.165) is 11.3 Å². The molecule has 0 aromatic heterocycles. The van der Waals surface area contributed by atoms with Crippen molar-refractivity contribution < 1.29 is 4.79 Å². The molecule has 116 valence electrons. The summed E-state index contributed by atoms with van der Waals surface area (Å²) in [5, 5.41) is 3.23. The van der Waals surface area contributed by atoms with Gasteiger partial charge in [-0.3, -0.25) is 4.79 Å². The van der Waals surface area contributed by atoms with Gasteiger partial charge in [-0.15, -0.1) is 0 Å². The minimum atomic E-state index is -0.531. The van der Waals surface area contributed by atoms with E-state index in [1.54, 1.807) is 0 Å². The molecular formula is C18H28N2O. The van der Waals surface area contributed by atoms with Crippen molar-refractivity contribution in [3.63, 3.8) is 0 Å². The van der Waals surface area contributed by atoms with Crippen LogP contribution in [0.3, 0.4) is 0 Å². The summed E-state index contributed by atoms with van der Waals surface area (Å²) in [4.78, 5) is 12.7.